The first-order valence-electron chi connectivity index (χ1n) is 11.6. The molecule has 0 spiro atoms. The second-order valence-electron chi connectivity index (χ2n) is 8.35. The highest BCUT2D eigenvalue weighted by molar-refractivity contribution is 5.98. The summed E-state index contributed by atoms with van der Waals surface area (Å²) in [6.07, 6.45) is 6.18. The predicted molar refractivity (Wildman–Crippen MR) is 138 cm³/mol. The van der Waals surface area contributed by atoms with E-state index in [2.05, 4.69) is 10.3 Å². The summed E-state index contributed by atoms with van der Waals surface area (Å²) < 4.78 is 1.97. The molecule has 0 atom stereocenters. The minimum absolute atomic E-state index is 0.163. The van der Waals surface area contributed by atoms with E-state index in [9.17, 15) is 9.59 Å². The van der Waals surface area contributed by atoms with Crippen LogP contribution in [0.3, 0.4) is 0 Å². The molecule has 0 aliphatic rings. The zero-order valence-electron chi connectivity index (χ0n) is 19.5. The fourth-order valence-corrected chi connectivity index (χ4v) is 4.00. The van der Waals surface area contributed by atoms with Gasteiger partial charge in [0.25, 0.3) is 5.91 Å². The normalized spacial score (nSPS) is 10.9. The number of aryl methyl sites for hydroxylation is 1. The monoisotopic (exact) mass is 476 g/mol. The van der Waals surface area contributed by atoms with Gasteiger partial charge in [-0.3, -0.25) is 9.59 Å². The minimum atomic E-state index is -0.507. The molecule has 8 heteroatoms. The van der Waals surface area contributed by atoms with Crippen molar-refractivity contribution in [3.8, 4) is 22.5 Å². The standard InChI is InChI=1S/C28H24N6O2/c29-27(35)21-9-4-8-20(16-21)26-25(19-6-2-1-3-7-19)33-24-17-22(10-11-23(24)32-26)28(36)31-12-5-14-34-15-13-30-18-34/h1-4,6-11,13,15-18H,5,12,14H2,(H2,29,35)(H,31,36). The molecule has 0 saturated heterocycles. The second-order valence-corrected chi connectivity index (χ2v) is 8.35. The van der Waals surface area contributed by atoms with Crippen LogP contribution in [-0.2, 0) is 6.54 Å². The van der Waals surface area contributed by atoms with Gasteiger partial charge in [0.2, 0.25) is 5.91 Å². The number of benzene rings is 3. The molecule has 5 rings (SSSR count). The van der Waals surface area contributed by atoms with Crippen LogP contribution in [0.5, 0.6) is 0 Å². The fourth-order valence-electron chi connectivity index (χ4n) is 4.00. The number of aromatic nitrogens is 4. The minimum Gasteiger partial charge on any atom is -0.366 e. The lowest BCUT2D eigenvalue weighted by molar-refractivity contribution is 0.0951. The number of amides is 2. The number of carbonyl (C=O) groups is 2. The highest BCUT2D eigenvalue weighted by Crippen LogP contribution is 2.31. The Hall–Kier alpha value is -4.85. The third-order valence-electron chi connectivity index (χ3n) is 5.83. The Morgan fingerprint density at radius 1 is 0.833 bits per heavy atom. The number of hydrogen-bond donors (Lipinski definition) is 2. The Morgan fingerprint density at radius 3 is 2.39 bits per heavy atom. The summed E-state index contributed by atoms with van der Waals surface area (Å²) in [4.78, 5) is 38.3. The Labute approximate surface area is 207 Å². The van der Waals surface area contributed by atoms with Gasteiger partial charge in [-0.1, -0.05) is 42.5 Å². The van der Waals surface area contributed by atoms with Crippen LogP contribution in [0.4, 0.5) is 0 Å². The Bertz CT molecular complexity index is 1530. The Morgan fingerprint density at radius 2 is 1.61 bits per heavy atom. The van der Waals surface area contributed by atoms with Crippen molar-refractivity contribution in [3.63, 3.8) is 0 Å². The smallest absolute Gasteiger partial charge is 0.251 e. The number of carbonyl (C=O) groups excluding carboxylic acids is 2. The van der Waals surface area contributed by atoms with Crippen molar-refractivity contribution in [2.24, 2.45) is 5.73 Å². The van der Waals surface area contributed by atoms with Gasteiger partial charge in [0.05, 0.1) is 28.7 Å². The van der Waals surface area contributed by atoms with Gasteiger partial charge in [0.15, 0.2) is 0 Å². The molecule has 0 aliphatic heterocycles. The zero-order valence-corrected chi connectivity index (χ0v) is 19.5. The number of imidazole rings is 1. The predicted octanol–water partition coefficient (Wildman–Crippen LogP) is 4.08. The summed E-state index contributed by atoms with van der Waals surface area (Å²) in [6.45, 7) is 1.33. The average Bonchev–Trinajstić information content (AvgIpc) is 3.44. The van der Waals surface area contributed by atoms with E-state index in [0.717, 1.165) is 24.1 Å². The first-order valence-corrected chi connectivity index (χ1v) is 11.6. The van der Waals surface area contributed by atoms with Crippen LogP contribution in [0, 0.1) is 0 Å². The van der Waals surface area contributed by atoms with Crippen molar-refractivity contribution >= 4 is 22.8 Å². The van der Waals surface area contributed by atoms with Gasteiger partial charge in [-0.25, -0.2) is 15.0 Å². The molecule has 178 valence electrons. The summed E-state index contributed by atoms with van der Waals surface area (Å²) in [5, 5.41) is 2.96. The molecule has 3 N–H and O–H groups in total. The molecule has 2 heterocycles. The summed E-state index contributed by atoms with van der Waals surface area (Å²) in [7, 11) is 0. The van der Waals surface area contributed by atoms with Crippen molar-refractivity contribution in [2.45, 2.75) is 13.0 Å². The number of fused-ring (bicyclic) bond motifs is 1. The van der Waals surface area contributed by atoms with Crippen LogP contribution in [0.2, 0.25) is 0 Å². The molecule has 5 aromatic rings. The number of rotatable bonds is 8. The number of primary amides is 1. The second kappa shape index (κ2) is 10.2. The van der Waals surface area contributed by atoms with Gasteiger partial charge in [-0.15, -0.1) is 0 Å². The van der Waals surface area contributed by atoms with Gasteiger partial charge in [0, 0.05) is 47.7 Å². The lowest BCUT2D eigenvalue weighted by Crippen LogP contribution is -2.25. The number of nitrogens with zero attached hydrogens (tertiary/aromatic N) is 4. The molecule has 0 bridgehead atoms. The highest BCUT2D eigenvalue weighted by atomic mass is 16.2. The molecule has 0 radical (unpaired) electrons. The topological polar surface area (TPSA) is 116 Å². The van der Waals surface area contributed by atoms with Crippen LogP contribution in [-0.4, -0.2) is 37.9 Å². The van der Waals surface area contributed by atoms with E-state index in [1.165, 1.54) is 0 Å². The maximum absolute atomic E-state index is 12.8. The molecule has 2 aromatic heterocycles. The van der Waals surface area contributed by atoms with Crippen LogP contribution in [0.1, 0.15) is 27.1 Å². The number of nitrogens with two attached hydrogens (primary N) is 1. The van der Waals surface area contributed by atoms with Crippen molar-refractivity contribution in [1.29, 1.82) is 0 Å². The summed E-state index contributed by atoms with van der Waals surface area (Å²) in [5.41, 5.74) is 10.6. The van der Waals surface area contributed by atoms with E-state index in [1.807, 2.05) is 47.2 Å². The van der Waals surface area contributed by atoms with Crippen molar-refractivity contribution in [2.75, 3.05) is 6.54 Å². The quantitative estimate of drug-likeness (QED) is 0.328. The molecule has 0 fully saturated rings. The van der Waals surface area contributed by atoms with E-state index in [-0.39, 0.29) is 5.91 Å². The molecule has 0 saturated carbocycles. The molecule has 8 nitrogen and oxygen atoms in total. The van der Waals surface area contributed by atoms with Gasteiger partial charge >= 0.3 is 0 Å². The van der Waals surface area contributed by atoms with Crippen LogP contribution < -0.4 is 11.1 Å². The summed E-state index contributed by atoms with van der Waals surface area (Å²) in [6, 6.07) is 22.0. The van der Waals surface area contributed by atoms with Crippen molar-refractivity contribution < 1.29 is 9.59 Å². The summed E-state index contributed by atoms with van der Waals surface area (Å²) >= 11 is 0. The third kappa shape index (κ3) is 4.97. The summed E-state index contributed by atoms with van der Waals surface area (Å²) in [5.74, 6) is -0.670. The first kappa shape index (κ1) is 22.9. The lowest BCUT2D eigenvalue weighted by Gasteiger charge is -2.12. The molecule has 0 aliphatic carbocycles. The Balaban J connectivity index is 1.47. The molecule has 3 aromatic carbocycles. The fraction of sp³-hybridized carbons (Fsp3) is 0.107. The third-order valence-corrected chi connectivity index (χ3v) is 5.83. The average molecular weight is 477 g/mol. The largest absolute Gasteiger partial charge is 0.366 e. The van der Waals surface area contributed by atoms with Crippen molar-refractivity contribution in [3.05, 3.63) is 103 Å². The van der Waals surface area contributed by atoms with Crippen LogP contribution in [0.15, 0.2) is 91.5 Å². The van der Waals surface area contributed by atoms with E-state index in [0.29, 0.717) is 40.1 Å². The lowest BCUT2D eigenvalue weighted by atomic mass is 10.0. The Kier molecular flexibility index (Phi) is 6.48. The molecule has 36 heavy (non-hydrogen) atoms. The van der Waals surface area contributed by atoms with Gasteiger partial charge < -0.3 is 15.6 Å². The first-order chi connectivity index (χ1) is 17.6. The molecular weight excluding hydrogens is 452 g/mol. The van der Waals surface area contributed by atoms with Crippen LogP contribution >= 0.6 is 0 Å². The van der Waals surface area contributed by atoms with Gasteiger partial charge in [-0.05, 0) is 36.8 Å². The molecule has 2 amide bonds. The maximum Gasteiger partial charge on any atom is 0.251 e. The van der Waals surface area contributed by atoms with E-state index in [1.54, 1.807) is 48.9 Å². The van der Waals surface area contributed by atoms with Gasteiger partial charge in [-0.2, -0.15) is 0 Å². The van der Waals surface area contributed by atoms with E-state index in [4.69, 9.17) is 15.7 Å². The zero-order chi connectivity index (χ0) is 24.9. The molecule has 0 unspecified atom stereocenters. The number of hydrogen-bond acceptors (Lipinski definition) is 5. The van der Waals surface area contributed by atoms with Gasteiger partial charge in [0.1, 0.15) is 0 Å². The number of nitrogens with one attached hydrogen (secondary N) is 1. The van der Waals surface area contributed by atoms with E-state index < -0.39 is 5.91 Å². The van der Waals surface area contributed by atoms with Crippen LogP contribution in [0.25, 0.3) is 33.5 Å². The highest BCUT2D eigenvalue weighted by Gasteiger charge is 2.16. The maximum atomic E-state index is 12.8. The SMILES string of the molecule is NC(=O)c1cccc(-c2nc3ccc(C(=O)NCCCn4ccnc4)cc3nc2-c2ccccc2)c1. The molecular formula is C28H24N6O2. The van der Waals surface area contributed by atoms with Crippen molar-refractivity contribution in [1.82, 2.24) is 24.8 Å². The van der Waals surface area contributed by atoms with E-state index >= 15 is 0 Å².